The van der Waals surface area contributed by atoms with Crippen molar-refractivity contribution in [2.75, 3.05) is 46.0 Å². The van der Waals surface area contributed by atoms with E-state index in [1.165, 1.54) is 11.5 Å². The highest BCUT2D eigenvalue weighted by atomic mass is 32.2. The predicted molar refractivity (Wildman–Crippen MR) is 105 cm³/mol. The molecule has 0 rings (SSSR count). The molecule has 0 heterocycles. The van der Waals surface area contributed by atoms with Gasteiger partial charge in [-0.05, 0) is 11.5 Å². The molecule has 0 aliphatic carbocycles. The molecule has 0 nitrogen and oxygen atoms in total. The summed E-state index contributed by atoms with van der Waals surface area (Å²) in [6.45, 7) is 0. The molecule has 0 aromatic rings. The maximum atomic E-state index is 4.43. The van der Waals surface area contributed by atoms with Crippen LogP contribution < -0.4 is 0 Å². The van der Waals surface area contributed by atoms with Gasteiger partial charge >= 0.3 is 0 Å². The van der Waals surface area contributed by atoms with Crippen LogP contribution >= 0.6 is 85.8 Å². The molecule has 7 heteroatoms. The summed E-state index contributed by atoms with van der Waals surface area (Å²) in [7, 11) is 0. The summed E-state index contributed by atoms with van der Waals surface area (Å²) in [5, 5.41) is 1.30. The van der Waals surface area contributed by atoms with Crippen molar-refractivity contribution < 1.29 is 0 Å². The number of hydrogen-bond acceptors (Lipinski definition) is 7. The highest BCUT2D eigenvalue weighted by Crippen LogP contribution is 2.24. The van der Waals surface area contributed by atoms with Gasteiger partial charge in [-0.1, -0.05) is 0 Å². The number of hydrogen-bond donors (Lipinski definition) is 4. The Bertz CT molecular complexity index is 156. The molecule has 0 aliphatic rings. The van der Waals surface area contributed by atoms with Gasteiger partial charge in [0.25, 0.3) is 0 Å². The molecule has 0 fully saturated rings. The smallest absolute Gasteiger partial charge is 0.0226 e. The third-order valence-corrected chi connectivity index (χ3v) is 8.53. The van der Waals surface area contributed by atoms with Crippen molar-refractivity contribution in [3.8, 4) is 0 Å². The summed E-state index contributed by atoms with van der Waals surface area (Å²) in [5.74, 6) is 8.45. The fourth-order valence-electron chi connectivity index (χ4n) is 1.05. The molecule has 0 radical (unpaired) electrons. The second-order valence-corrected chi connectivity index (χ2v) is 8.85. The molecule has 0 aromatic carbocycles. The number of thioether (sulfide) groups is 3. The van der Waals surface area contributed by atoms with Crippen molar-refractivity contribution in [3.05, 3.63) is 0 Å². The molecule has 0 spiro atoms. The molecule has 0 unspecified atom stereocenters. The Morgan fingerprint density at radius 2 is 1.29 bits per heavy atom. The van der Waals surface area contributed by atoms with Crippen LogP contribution in [0.2, 0.25) is 0 Å². The number of thiol groups is 4. The second-order valence-electron chi connectivity index (χ2n) is 3.34. The van der Waals surface area contributed by atoms with E-state index in [-0.39, 0.29) is 0 Å². The van der Waals surface area contributed by atoms with Gasteiger partial charge in [0.2, 0.25) is 0 Å². The Labute approximate surface area is 141 Å². The lowest BCUT2D eigenvalue weighted by atomic mass is 10.5. The van der Waals surface area contributed by atoms with E-state index in [9.17, 15) is 0 Å². The van der Waals surface area contributed by atoms with Gasteiger partial charge in [-0.3, -0.25) is 0 Å². The van der Waals surface area contributed by atoms with Crippen molar-refractivity contribution in [2.24, 2.45) is 0 Å². The standard InChI is InChI=1S/C10H22S7/c11-1-3-15-7-9(5-13)17-8-10(6-14)16-4-2-12/h9-14H,1-8H2/t9-,10+/m0/s1. The Morgan fingerprint density at radius 3 is 1.82 bits per heavy atom. The van der Waals surface area contributed by atoms with Gasteiger partial charge in [0.15, 0.2) is 0 Å². The zero-order valence-electron chi connectivity index (χ0n) is 9.83. The summed E-state index contributed by atoms with van der Waals surface area (Å²) in [6, 6.07) is 0. The van der Waals surface area contributed by atoms with Crippen LogP contribution in [0.1, 0.15) is 0 Å². The van der Waals surface area contributed by atoms with E-state index in [0.717, 1.165) is 34.5 Å². The zero-order valence-corrected chi connectivity index (χ0v) is 15.9. The summed E-state index contributed by atoms with van der Waals surface area (Å²) >= 11 is 23.3. The van der Waals surface area contributed by atoms with Gasteiger partial charge in [-0.25, -0.2) is 0 Å². The first-order chi connectivity index (χ1) is 8.28. The van der Waals surface area contributed by atoms with Crippen molar-refractivity contribution in [1.82, 2.24) is 0 Å². The van der Waals surface area contributed by atoms with E-state index in [1.54, 1.807) is 0 Å². The molecule has 2 atom stereocenters. The SMILES string of the molecule is SCCSC[C@H](CS)SC[C@@H](CS)SCCS. The van der Waals surface area contributed by atoms with Crippen LogP contribution in [0.5, 0.6) is 0 Å². The molecule has 17 heavy (non-hydrogen) atoms. The van der Waals surface area contributed by atoms with Gasteiger partial charge in [-0.2, -0.15) is 85.8 Å². The van der Waals surface area contributed by atoms with E-state index in [2.05, 4.69) is 50.5 Å². The van der Waals surface area contributed by atoms with Gasteiger partial charge in [-0.15, -0.1) is 0 Å². The molecule has 0 N–H and O–H groups in total. The molecule has 0 saturated heterocycles. The van der Waals surface area contributed by atoms with Gasteiger partial charge in [0.1, 0.15) is 0 Å². The van der Waals surface area contributed by atoms with Crippen molar-refractivity contribution >= 4 is 85.8 Å². The lowest BCUT2D eigenvalue weighted by Gasteiger charge is -2.18. The largest absolute Gasteiger partial charge is 0.179 e. The third kappa shape index (κ3) is 11.9. The molecule has 0 aliphatic heterocycles. The highest BCUT2D eigenvalue weighted by Gasteiger charge is 2.12. The monoisotopic (exact) mass is 366 g/mol. The number of rotatable bonds is 12. The highest BCUT2D eigenvalue weighted by molar-refractivity contribution is 8.06. The summed E-state index contributed by atoms with van der Waals surface area (Å²) in [5.41, 5.74) is 0. The second kappa shape index (κ2) is 14.9. The average Bonchev–Trinajstić information content (AvgIpc) is 2.36. The first kappa shape index (κ1) is 19.4. The quantitative estimate of drug-likeness (QED) is 0.308. The molecule has 104 valence electrons. The van der Waals surface area contributed by atoms with Gasteiger partial charge in [0, 0.05) is 45.0 Å². The first-order valence-corrected chi connectivity index (χ1v) is 11.3. The van der Waals surface area contributed by atoms with E-state index >= 15 is 0 Å². The van der Waals surface area contributed by atoms with Crippen LogP contribution in [0.3, 0.4) is 0 Å². The van der Waals surface area contributed by atoms with Crippen LogP contribution in [0.4, 0.5) is 0 Å². The van der Waals surface area contributed by atoms with Crippen molar-refractivity contribution in [1.29, 1.82) is 0 Å². The predicted octanol–water partition coefficient (Wildman–Crippen LogP) is 3.64. The van der Waals surface area contributed by atoms with Crippen LogP contribution in [-0.4, -0.2) is 56.5 Å². The first-order valence-electron chi connectivity index (χ1n) is 5.52. The molecular formula is C10H22S7. The van der Waals surface area contributed by atoms with Crippen LogP contribution in [-0.2, 0) is 0 Å². The summed E-state index contributed by atoms with van der Waals surface area (Å²) in [6.07, 6.45) is 0. The Balaban J connectivity index is 3.69. The Morgan fingerprint density at radius 1 is 0.706 bits per heavy atom. The normalized spacial score (nSPS) is 14.8. The zero-order chi connectivity index (χ0) is 12.9. The topological polar surface area (TPSA) is 0 Å². The third-order valence-electron chi connectivity index (χ3n) is 1.91. The Hall–Kier alpha value is 2.45. The average molecular weight is 367 g/mol. The van der Waals surface area contributed by atoms with Gasteiger partial charge in [0.05, 0.1) is 0 Å². The molecule has 0 saturated carbocycles. The van der Waals surface area contributed by atoms with Crippen molar-refractivity contribution in [2.45, 2.75) is 10.5 Å². The van der Waals surface area contributed by atoms with Crippen LogP contribution in [0, 0.1) is 0 Å². The lowest BCUT2D eigenvalue weighted by Crippen LogP contribution is -2.16. The minimum atomic E-state index is 0.646. The fourth-order valence-corrected chi connectivity index (χ4v) is 6.22. The van der Waals surface area contributed by atoms with E-state index < -0.39 is 0 Å². The van der Waals surface area contributed by atoms with Crippen LogP contribution in [0.25, 0.3) is 0 Å². The van der Waals surface area contributed by atoms with E-state index in [0.29, 0.717) is 10.5 Å². The Kier molecular flexibility index (Phi) is 17.0. The minimum Gasteiger partial charge on any atom is -0.179 e. The van der Waals surface area contributed by atoms with E-state index in [1.807, 2.05) is 35.3 Å². The lowest BCUT2D eigenvalue weighted by molar-refractivity contribution is 1.11. The fraction of sp³-hybridized carbons (Fsp3) is 1.00. The maximum absolute atomic E-state index is 4.43. The molecule has 0 aromatic heterocycles. The summed E-state index contributed by atoms with van der Waals surface area (Å²) < 4.78 is 0. The molecule has 0 bridgehead atoms. The van der Waals surface area contributed by atoms with E-state index in [4.69, 9.17) is 0 Å². The molecular weight excluding hydrogens is 345 g/mol. The van der Waals surface area contributed by atoms with Crippen LogP contribution in [0.15, 0.2) is 0 Å². The van der Waals surface area contributed by atoms with Gasteiger partial charge < -0.3 is 0 Å². The minimum absolute atomic E-state index is 0.646. The molecule has 0 amide bonds. The van der Waals surface area contributed by atoms with Crippen molar-refractivity contribution in [3.63, 3.8) is 0 Å². The summed E-state index contributed by atoms with van der Waals surface area (Å²) in [4.78, 5) is 0. The maximum Gasteiger partial charge on any atom is 0.0226 e.